The Kier molecular flexibility index (Phi) is 2.33. The molecule has 0 aromatic rings. The van der Waals surface area contributed by atoms with Gasteiger partial charge in [0.25, 0.3) is 0 Å². The molecule has 0 aromatic carbocycles. The summed E-state index contributed by atoms with van der Waals surface area (Å²) >= 11 is 12.7. The minimum atomic E-state index is -0.808. The number of ketones is 1. The van der Waals surface area contributed by atoms with Crippen LogP contribution in [-0.2, 0) is 4.79 Å². The molecule has 10 heavy (non-hydrogen) atoms. The first-order valence-corrected chi connectivity index (χ1v) is 4.36. The third kappa shape index (κ3) is 1.49. The molecule has 0 aliphatic carbocycles. The maximum Gasteiger partial charge on any atom is 0.161 e. The van der Waals surface area contributed by atoms with Gasteiger partial charge in [0.2, 0.25) is 0 Å². The van der Waals surface area contributed by atoms with Gasteiger partial charge in [0.05, 0.1) is 4.36 Å². The molecule has 0 fully saturated rings. The Balaban J connectivity index is 2.70. The maximum absolute atomic E-state index is 10.9. The van der Waals surface area contributed by atoms with Gasteiger partial charge >= 0.3 is 0 Å². The minimum Gasteiger partial charge on any atom is -0.297 e. The number of hydrogen-bond acceptors (Lipinski definition) is 2. The van der Waals surface area contributed by atoms with E-state index in [1.807, 2.05) is 0 Å². The lowest BCUT2D eigenvalue weighted by Crippen LogP contribution is -2.22. The number of rotatable bonds is 1. The average molecular weight is 197 g/mol. The molecule has 1 rings (SSSR count). The molecule has 56 valence electrons. The molecular weight excluding hydrogens is 191 g/mol. The Labute approximate surface area is 73.8 Å². The van der Waals surface area contributed by atoms with E-state index in [2.05, 4.69) is 0 Å². The molecule has 1 heterocycles. The zero-order chi connectivity index (χ0) is 7.78. The zero-order valence-electron chi connectivity index (χ0n) is 5.36. The van der Waals surface area contributed by atoms with E-state index in [1.54, 1.807) is 6.08 Å². The van der Waals surface area contributed by atoms with Crippen LogP contribution in [0, 0.1) is 0 Å². The number of thioether (sulfide) groups is 1. The molecule has 0 saturated heterocycles. The fourth-order valence-corrected chi connectivity index (χ4v) is 2.37. The Morgan fingerprint density at radius 1 is 1.90 bits per heavy atom. The normalized spacial score (nSPS) is 32.1. The van der Waals surface area contributed by atoms with Gasteiger partial charge in [-0.3, -0.25) is 4.79 Å². The molecule has 0 spiro atoms. The van der Waals surface area contributed by atoms with Crippen molar-refractivity contribution in [2.75, 3.05) is 0 Å². The number of allylic oxidation sites excluding steroid dienone is 1. The van der Waals surface area contributed by atoms with Gasteiger partial charge in [0, 0.05) is 6.42 Å². The molecule has 1 nitrogen and oxygen atoms in total. The first-order chi connectivity index (χ1) is 4.54. The smallest absolute Gasteiger partial charge is 0.161 e. The van der Waals surface area contributed by atoms with Gasteiger partial charge in [-0.25, -0.2) is 0 Å². The molecule has 0 N–H and O–H groups in total. The van der Waals surface area contributed by atoms with Crippen molar-refractivity contribution >= 4 is 40.7 Å². The van der Waals surface area contributed by atoms with Crippen molar-refractivity contribution in [3.05, 3.63) is 10.4 Å². The van der Waals surface area contributed by atoms with Crippen LogP contribution in [0.1, 0.15) is 13.3 Å². The van der Waals surface area contributed by atoms with Crippen LogP contribution in [-0.4, -0.2) is 9.99 Å². The maximum atomic E-state index is 10.9. The second kappa shape index (κ2) is 2.76. The van der Waals surface area contributed by atoms with Crippen LogP contribution in [0.4, 0.5) is 0 Å². The predicted molar refractivity (Wildman–Crippen MR) is 45.4 cm³/mol. The summed E-state index contributed by atoms with van der Waals surface area (Å²) in [5.74, 6) is -0.0360. The van der Waals surface area contributed by atoms with Crippen LogP contribution in [0.5, 0.6) is 0 Å². The fourth-order valence-electron chi connectivity index (χ4n) is 0.665. The molecule has 1 aliphatic rings. The predicted octanol–water partition coefficient (Wildman–Crippen LogP) is 2.73. The highest BCUT2D eigenvalue weighted by atomic mass is 35.5. The van der Waals surface area contributed by atoms with Crippen molar-refractivity contribution in [1.82, 2.24) is 0 Å². The van der Waals surface area contributed by atoms with Crippen molar-refractivity contribution in [3.63, 3.8) is 0 Å². The Bertz CT molecular complexity index is 202. The molecule has 1 unspecified atom stereocenters. The van der Waals surface area contributed by atoms with Crippen LogP contribution in [0.3, 0.4) is 0 Å². The van der Waals surface area contributed by atoms with Crippen molar-refractivity contribution < 1.29 is 4.79 Å². The molecule has 4 heteroatoms. The molecule has 1 atom stereocenters. The lowest BCUT2D eigenvalue weighted by molar-refractivity contribution is -0.117. The summed E-state index contributed by atoms with van der Waals surface area (Å²) in [7, 11) is 0. The van der Waals surface area contributed by atoms with Gasteiger partial charge in [-0.2, -0.15) is 0 Å². The van der Waals surface area contributed by atoms with Crippen molar-refractivity contribution in [2.45, 2.75) is 17.6 Å². The van der Waals surface area contributed by atoms with Crippen molar-refractivity contribution in [2.24, 2.45) is 0 Å². The SMILES string of the molecule is CC(=O)C1(Cl)CC=C(Cl)S1. The summed E-state index contributed by atoms with van der Waals surface area (Å²) in [5, 5.41) is 0. The van der Waals surface area contributed by atoms with E-state index >= 15 is 0 Å². The summed E-state index contributed by atoms with van der Waals surface area (Å²) in [4.78, 5) is 10.9. The molecular formula is C6H6Cl2OS. The molecule has 0 aromatic heterocycles. The number of carbonyl (C=O) groups is 1. The van der Waals surface area contributed by atoms with Gasteiger partial charge in [0.15, 0.2) is 9.99 Å². The van der Waals surface area contributed by atoms with Gasteiger partial charge in [0.1, 0.15) is 0 Å². The highest BCUT2D eigenvalue weighted by molar-refractivity contribution is 8.08. The third-order valence-electron chi connectivity index (χ3n) is 1.31. The van der Waals surface area contributed by atoms with Crippen molar-refractivity contribution in [3.8, 4) is 0 Å². The van der Waals surface area contributed by atoms with E-state index < -0.39 is 4.21 Å². The lowest BCUT2D eigenvalue weighted by atomic mass is 10.2. The monoisotopic (exact) mass is 196 g/mol. The Morgan fingerprint density at radius 2 is 2.50 bits per heavy atom. The van der Waals surface area contributed by atoms with Gasteiger partial charge in [-0.1, -0.05) is 41.0 Å². The van der Waals surface area contributed by atoms with E-state index in [1.165, 1.54) is 18.7 Å². The van der Waals surface area contributed by atoms with Crippen LogP contribution in [0.2, 0.25) is 0 Å². The van der Waals surface area contributed by atoms with Gasteiger partial charge in [-0.15, -0.1) is 0 Å². The van der Waals surface area contributed by atoms with Crippen LogP contribution in [0.25, 0.3) is 0 Å². The molecule has 0 amide bonds. The summed E-state index contributed by atoms with van der Waals surface area (Å²) < 4.78 is -0.193. The van der Waals surface area contributed by atoms with E-state index in [0.29, 0.717) is 10.8 Å². The highest BCUT2D eigenvalue weighted by Crippen LogP contribution is 2.47. The average Bonchev–Trinajstić information content (AvgIpc) is 2.13. The number of hydrogen-bond donors (Lipinski definition) is 0. The minimum absolute atomic E-state index is 0.0360. The van der Waals surface area contributed by atoms with Gasteiger partial charge in [-0.05, 0) is 6.92 Å². The number of Topliss-reactive ketones (excluding diaryl/α,β-unsaturated/α-hetero) is 1. The molecule has 0 saturated carbocycles. The van der Waals surface area contributed by atoms with Gasteiger partial charge < -0.3 is 0 Å². The first-order valence-electron chi connectivity index (χ1n) is 2.79. The number of carbonyl (C=O) groups excluding carboxylic acids is 1. The summed E-state index contributed by atoms with van der Waals surface area (Å²) in [6.07, 6.45) is 2.30. The molecule has 0 radical (unpaired) electrons. The van der Waals surface area contributed by atoms with Crippen LogP contribution >= 0.6 is 35.0 Å². The Hall–Kier alpha value is 0.340. The zero-order valence-corrected chi connectivity index (χ0v) is 7.69. The fraction of sp³-hybridized carbons (Fsp3) is 0.500. The quantitative estimate of drug-likeness (QED) is 0.601. The standard InChI is InChI=1S/C6H6Cl2OS/c1-4(9)6(8)3-2-5(7)10-6/h2H,3H2,1H3. The molecule has 1 aliphatic heterocycles. The molecule has 0 bridgehead atoms. The second-order valence-electron chi connectivity index (χ2n) is 2.10. The van der Waals surface area contributed by atoms with Crippen molar-refractivity contribution in [1.29, 1.82) is 0 Å². The number of halogens is 2. The lowest BCUT2D eigenvalue weighted by Gasteiger charge is -2.14. The topological polar surface area (TPSA) is 17.1 Å². The van der Waals surface area contributed by atoms with E-state index in [4.69, 9.17) is 23.2 Å². The first kappa shape index (κ1) is 8.44. The number of alkyl halides is 1. The summed E-state index contributed by atoms with van der Waals surface area (Å²) in [5.41, 5.74) is 0. The Morgan fingerprint density at radius 3 is 2.70 bits per heavy atom. The summed E-state index contributed by atoms with van der Waals surface area (Å²) in [6, 6.07) is 0. The van der Waals surface area contributed by atoms with E-state index in [9.17, 15) is 4.79 Å². The van der Waals surface area contributed by atoms with E-state index in [-0.39, 0.29) is 5.78 Å². The second-order valence-corrected chi connectivity index (χ2v) is 4.94. The van der Waals surface area contributed by atoms with E-state index in [0.717, 1.165) is 0 Å². The largest absolute Gasteiger partial charge is 0.297 e. The van der Waals surface area contributed by atoms with Crippen LogP contribution < -0.4 is 0 Å². The summed E-state index contributed by atoms with van der Waals surface area (Å²) in [6.45, 7) is 1.48. The third-order valence-corrected chi connectivity index (χ3v) is 3.49. The highest BCUT2D eigenvalue weighted by Gasteiger charge is 2.37. The van der Waals surface area contributed by atoms with Crippen LogP contribution in [0.15, 0.2) is 10.4 Å².